The van der Waals surface area contributed by atoms with E-state index in [1.54, 1.807) is 0 Å². The van der Waals surface area contributed by atoms with Gasteiger partial charge in [-0.3, -0.25) is 4.79 Å². The van der Waals surface area contributed by atoms with Gasteiger partial charge in [0.15, 0.2) is 0 Å². The zero-order chi connectivity index (χ0) is 10.1. The average molecular weight is 192 g/mol. The molecule has 2 atom stereocenters. The summed E-state index contributed by atoms with van der Waals surface area (Å²) in [7, 11) is 0. The summed E-state index contributed by atoms with van der Waals surface area (Å²) < 4.78 is 0. The van der Waals surface area contributed by atoms with Crippen LogP contribution in [0.25, 0.3) is 0 Å². The van der Waals surface area contributed by atoms with Crippen LogP contribution in [0.5, 0.6) is 0 Å². The number of carboxylic acid groups (broad SMARTS) is 1. The molecule has 3 heteroatoms. The van der Waals surface area contributed by atoms with Crippen molar-refractivity contribution in [2.75, 3.05) is 0 Å². The second-order valence-electron chi connectivity index (χ2n) is 3.68. The number of aliphatic hydroxyl groups excluding tert-OH is 1. The molecule has 2 unspecified atom stereocenters. The summed E-state index contributed by atoms with van der Waals surface area (Å²) in [6.45, 7) is 0. The van der Waals surface area contributed by atoms with Gasteiger partial charge in [-0.15, -0.1) is 0 Å². The topological polar surface area (TPSA) is 57.5 Å². The molecule has 0 saturated heterocycles. The second kappa shape index (κ2) is 3.42. The Labute approximate surface area is 82.0 Å². The van der Waals surface area contributed by atoms with Gasteiger partial charge in [-0.2, -0.15) is 0 Å². The number of hydrogen-bond donors (Lipinski definition) is 2. The van der Waals surface area contributed by atoms with Gasteiger partial charge in [0.05, 0.1) is 12.5 Å². The van der Waals surface area contributed by atoms with Gasteiger partial charge in [0.1, 0.15) is 0 Å². The first kappa shape index (κ1) is 9.21. The molecule has 0 fully saturated rings. The van der Waals surface area contributed by atoms with E-state index in [2.05, 4.69) is 0 Å². The van der Waals surface area contributed by atoms with Crippen LogP contribution in [0.4, 0.5) is 0 Å². The van der Waals surface area contributed by atoms with E-state index in [0.717, 1.165) is 11.1 Å². The van der Waals surface area contributed by atoms with Crippen molar-refractivity contribution in [2.45, 2.75) is 24.9 Å². The Balaban J connectivity index is 2.29. The smallest absolute Gasteiger partial charge is 0.303 e. The lowest BCUT2D eigenvalue weighted by atomic mass is 9.98. The Morgan fingerprint density at radius 1 is 1.36 bits per heavy atom. The van der Waals surface area contributed by atoms with Crippen LogP contribution in [-0.4, -0.2) is 16.2 Å². The third-order valence-electron chi connectivity index (χ3n) is 2.72. The summed E-state index contributed by atoms with van der Waals surface area (Å²) in [6, 6.07) is 7.51. The van der Waals surface area contributed by atoms with Crippen LogP contribution in [0, 0.1) is 0 Å². The first-order valence-electron chi connectivity index (χ1n) is 4.67. The van der Waals surface area contributed by atoms with Crippen molar-refractivity contribution in [3.05, 3.63) is 35.4 Å². The van der Waals surface area contributed by atoms with E-state index >= 15 is 0 Å². The van der Waals surface area contributed by atoms with Crippen molar-refractivity contribution in [2.24, 2.45) is 0 Å². The summed E-state index contributed by atoms with van der Waals surface area (Å²) >= 11 is 0. The van der Waals surface area contributed by atoms with Crippen LogP contribution in [0.1, 0.15) is 36.0 Å². The van der Waals surface area contributed by atoms with Gasteiger partial charge in [0, 0.05) is 0 Å². The zero-order valence-corrected chi connectivity index (χ0v) is 7.68. The number of benzene rings is 1. The minimum atomic E-state index is -0.807. The van der Waals surface area contributed by atoms with E-state index < -0.39 is 12.1 Å². The van der Waals surface area contributed by atoms with Crippen molar-refractivity contribution in [3.63, 3.8) is 0 Å². The third kappa shape index (κ3) is 1.51. The summed E-state index contributed by atoms with van der Waals surface area (Å²) in [6.07, 6.45) is 0.148. The molecule has 0 spiro atoms. The predicted octanol–water partition coefficient (Wildman–Crippen LogP) is 1.68. The lowest BCUT2D eigenvalue weighted by molar-refractivity contribution is -0.137. The Bertz CT molecular complexity index is 359. The summed E-state index contributed by atoms with van der Waals surface area (Å²) in [5, 5.41) is 18.4. The maximum Gasteiger partial charge on any atom is 0.303 e. The van der Waals surface area contributed by atoms with Gasteiger partial charge >= 0.3 is 5.97 Å². The molecule has 0 amide bonds. The number of aliphatic carboxylic acids is 1. The first-order chi connectivity index (χ1) is 6.68. The van der Waals surface area contributed by atoms with Crippen molar-refractivity contribution < 1.29 is 15.0 Å². The molecule has 0 bridgehead atoms. The molecule has 1 aliphatic rings. The summed E-state index contributed by atoms with van der Waals surface area (Å²) in [5.74, 6) is -0.836. The lowest BCUT2D eigenvalue weighted by Gasteiger charge is -2.06. The first-order valence-corrected chi connectivity index (χ1v) is 4.67. The molecule has 1 aromatic rings. The number of carbonyl (C=O) groups is 1. The molecule has 0 radical (unpaired) electrons. The molecule has 2 N–H and O–H groups in total. The van der Waals surface area contributed by atoms with Crippen LogP contribution in [0.2, 0.25) is 0 Å². The molecule has 3 nitrogen and oxygen atoms in total. The molecule has 0 saturated carbocycles. The molecule has 0 heterocycles. The highest BCUT2D eigenvalue weighted by Crippen LogP contribution is 2.41. The minimum Gasteiger partial charge on any atom is -0.481 e. The van der Waals surface area contributed by atoms with Crippen LogP contribution in [-0.2, 0) is 4.79 Å². The standard InChI is InChI=1S/C11H12O3/c12-10-5-7(6-11(13)14)8-3-1-2-4-9(8)10/h1-4,7,10,12H,5-6H2,(H,13,14). The third-order valence-corrected chi connectivity index (χ3v) is 2.72. The number of fused-ring (bicyclic) bond motifs is 1. The maximum atomic E-state index is 10.6. The van der Waals surface area contributed by atoms with Crippen molar-refractivity contribution in [1.82, 2.24) is 0 Å². The summed E-state index contributed by atoms with van der Waals surface area (Å²) in [5.41, 5.74) is 1.88. The molecule has 74 valence electrons. The highest BCUT2D eigenvalue weighted by Gasteiger charge is 2.30. The number of rotatable bonds is 2. The quantitative estimate of drug-likeness (QED) is 0.749. The van der Waals surface area contributed by atoms with E-state index in [1.165, 1.54) is 0 Å². The number of aliphatic hydroxyl groups is 1. The van der Waals surface area contributed by atoms with Gasteiger partial charge < -0.3 is 10.2 Å². The van der Waals surface area contributed by atoms with Crippen molar-refractivity contribution in [1.29, 1.82) is 0 Å². The molecule has 2 rings (SSSR count). The average Bonchev–Trinajstić information content (AvgIpc) is 2.44. The lowest BCUT2D eigenvalue weighted by Crippen LogP contribution is -2.03. The SMILES string of the molecule is O=C(O)CC1CC(O)c2ccccc21. The van der Waals surface area contributed by atoms with Gasteiger partial charge in [-0.25, -0.2) is 0 Å². The molecular weight excluding hydrogens is 180 g/mol. The molecule has 1 aromatic carbocycles. The van der Waals surface area contributed by atoms with Crippen LogP contribution in [0.3, 0.4) is 0 Å². The molecule has 14 heavy (non-hydrogen) atoms. The maximum absolute atomic E-state index is 10.6. The largest absolute Gasteiger partial charge is 0.481 e. The van der Waals surface area contributed by atoms with E-state index in [0.29, 0.717) is 6.42 Å². The number of hydrogen-bond acceptors (Lipinski definition) is 2. The van der Waals surface area contributed by atoms with Gasteiger partial charge in [0.25, 0.3) is 0 Å². The highest BCUT2D eigenvalue weighted by atomic mass is 16.4. The van der Waals surface area contributed by atoms with E-state index in [-0.39, 0.29) is 12.3 Å². The molecular formula is C11H12O3. The predicted molar refractivity (Wildman–Crippen MR) is 51.0 cm³/mol. The number of carboxylic acids is 1. The van der Waals surface area contributed by atoms with E-state index in [4.69, 9.17) is 5.11 Å². The summed E-state index contributed by atoms with van der Waals surface area (Å²) in [4.78, 5) is 10.6. The van der Waals surface area contributed by atoms with Crippen molar-refractivity contribution >= 4 is 5.97 Å². The van der Waals surface area contributed by atoms with Crippen molar-refractivity contribution in [3.8, 4) is 0 Å². The Morgan fingerprint density at radius 3 is 2.64 bits per heavy atom. The fourth-order valence-corrected chi connectivity index (χ4v) is 2.11. The monoisotopic (exact) mass is 192 g/mol. The van der Waals surface area contributed by atoms with E-state index in [1.807, 2.05) is 24.3 Å². The van der Waals surface area contributed by atoms with Gasteiger partial charge in [-0.1, -0.05) is 24.3 Å². The van der Waals surface area contributed by atoms with E-state index in [9.17, 15) is 9.90 Å². The second-order valence-corrected chi connectivity index (χ2v) is 3.68. The van der Waals surface area contributed by atoms with Gasteiger partial charge in [0.2, 0.25) is 0 Å². The Hall–Kier alpha value is -1.35. The molecule has 0 aliphatic heterocycles. The fourth-order valence-electron chi connectivity index (χ4n) is 2.11. The Morgan fingerprint density at radius 2 is 2.00 bits per heavy atom. The van der Waals surface area contributed by atoms with Crippen LogP contribution < -0.4 is 0 Å². The molecule has 0 aromatic heterocycles. The fraction of sp³-hybridized carbons (Fsp3) is 0.364. The van der Waals surface area contributed by atoms with Crippen LogP contribution >= 0.6 is 0 Å². The van der Waals surface area contributed by atoms with Crippen LogP contribution in [0.15, 0.2) is 24.3 Å². The zero-order valence-electron chi connectivity index (χ0n) is 7.68. The molecule has 1 aliphatic carbocycles. The Kier molecular flexibility index (Phi) is 2.25. The van der Waals surface area contributed by atoms with Gasteiger partial charge in [-0.05, 0) is 23.5 Å². The highest BCUT2D eigenvalue weighted by molar-refractivity contribution is 5.68. The minimum absolute atomic E-state index is 0.0290. The normalized spacial score (nSPS) is 24.6.